The lowest BCUT2D eigenvalue weighted by Crippen LogP contribution is -2.38. The zero-order chi connectivity index (χ0) is 14.8. The fourth-order valence-electron chi connectivity index (χ4n) is 2.61. The van der Waals surface area contributed by atoms with E-state index in [1.165, 1.54) is 6.07 Å². The van der Waals surface area contributed by atoms with Crippen LogP contribution in [-0.4, -0.2) is 47.3 Å². The Kier molecular flexibility index (Phi) is 4.37. The Labute approximate surface area is 126 Å². The highest BCUT2D eigenvalue weighted by molar-refractivity contribution is 6.16. The molecular formula is C14H16ClF2N3O. The molecule has 0 bridgehead atoms. The molecule has 0 amide bonds. The molecule has 0 aliphatic carbocycles. The number of rotatable bonds is 4. The molecule has 0 atom stereocenters. The molecule has 0 saturated carbocycles. The molecule has 3 rings (SSSR count). The van der Waals surface area contributed by atoms with E-state index < -0.39 is 11.6 Å². The molecule has 4 nitrogen and oxygen atoms in total. The third-order valence-electron chi connectivity index (χ3n) is 3.74. The van der Waals surface area contributed by atoms with Crippen LogP contribution < -0.4 is 0 Å². The maximum absolute atomic E-state index is 14.1. The number of morpholine rings is 1. The van der Waals surface area contributed by atoms with Crippen LogP contribution in [0.15, 0.2) is 12.1 Å². The highest BCUT2D eigenvalue weighted by atomic mass is 35.5. The Morgan fingerprint density at radius 2 is 1.95 bits per heavy atom. The first kappa shape index (κ1) is 14.7. The SMILES string of the molecule is Fc1ccc2nc(CCl)n(CCN3CCOCC3)c2c1F. The fraction of sp³-hybridized carbons (Fsp3) is 0.500. The number of hydrogen-bond donors (Lipinski definition) is 0. The van der Waals surface area contributed by atoms with E-state index in [0.717, 1.165) is 25.7 Å². The second kappa shape index (κ2) is 6.25. The number of aromatic nitrogens is 2. The Balaban J connectivity index is 1.90. The van der Waals surface area contributed by atoms with E-state index in [-0.39, 0.29) is 11.4 Å². The summed E-state index contributed by atoms with van der Waals surface area (Å²) in [6, 6.07) is 2.57. The summed E-state index contributed by atoms with van der Waals surface area (Å²) in [6.45, 7) is 4.36. The zero-order valence-electron chi connectivity index (χ0n) is 11.5. The van der Waals surface area contributed by atoms with Crippen molar-refractivity contribution in [2.75, 3.05) is 32.8 Å². The molecule has 114 valence electrons. The van der Waals surface area contributed by atoms with Gasteiger partial charge in [0.05, 0.1) is 24.6 Å². The molecule has 2 aromatic rings. The van der Waals surface area contributed by atoms with E-state index in [0.29, 0.717) is 31.1 Å². The standard InChI is InChI=1S/C14H16ClF2N3O/c15-9-12-18-11-2-1-10(16)13(17)14(11)20(12)4-3-19-5-7-21-8-6-19/h1-2H,3-9H2. The van der Waals surface area contributed by atoms with Crippen molar-refractivity contribution in [1.29, 1.82) is 0 Å². The monoisotopic (exact) mass is 315 g/mol. The molecule has 1 aromatic heterocycles. The van der Waals surface area contributed by atoms with Gasteiger partial charge in [-0.1, -0.05) is 0 Å². The van der Waals surface area contributed by atoms with Crippen molar-refractivity contribution in [3.63, 3.8) is 0 Å². The summed E-state index contributed by atoms with van der Waals surface area (Å²) in [5.41, 5.74) is 0.630. The molecule has 0 N–H and O–H groups in total. The fourth-order valence-corrected chi connectivity index (χ4v) is 2.82. The minimum absolute atomic E-state index is 0.166. The average molecular weight is 316 g/mol. The first-order valence-electron chi connectivity index (χ1n) is 6.90. The highest BCUT2D eigenvalue weighted by Crippen LogP contribution is 2.23. The maximum atomic E-state index is 14.1. The second-order valence-corrected chi connectivity index (χ2v) is 5.26. The summed E-state index contributed by atoms with van der Waals surface area (Å²) < 4.78 is 34.5. The van der Waals surface area contributed by atoms with Gasteiger partial charge < -0.3 is 9.30 Å². The van der Waals surface area contributed by atoms with Gasteiger partial charge in [0.1, 0.15) is 11.3 Å². The Bertz CT molecular complexity index is 641. The number of benzene rings is 1. The second-order valence-electron chi connectivity index (χ2n) is 5.00. The van der Waals surface area contributed by atoms with Crippen LogP contribution in [0, 0.1) is 11.6 Å². The lowest BCUT2D eigenvalue weighted by atomic mass is 10.3. The van der Waals surface area contributed by atoms with E-state index in [1.54, 1.807) is 4.57 Å². The van der Waals surface area contributed by atoms with Crippen LogP contribution in [0.5, 0.6) is 0 Å². The van der Waals surface area contributed by atoms with Crippen LogP contribution >= 0.6 is 11.6 Å². The van der Waals surface area contributed by atoms with Crippen LogP contribution in [-0.2, 0) is 17.2 Å². The van der Waals surface area contributed by atoms with Crippen molar-refractivity contribution < 1.29 is 13.5 Å². The van der Waals surface area contributed by atoms with Crippen molar-refractivity contribution in [1.82, 2.24) is 14.5 Å². The third kappa shape index (κ3) is 2.88. The van der Waals surface area contributed by atoms with Crippen molar-refractivity contribution in [3.8, 4) is 0 Å². The van der Waals surface area contributed by atoms with Crippen molar-refractivity contribution in [2.24, 2.45) is 0 Å². The lowest BCUT2D eigenvalue weighted by Gasteiger charge is -2.26. The molecule has 2 heterocycles. The van der Waals surface area contributed by atoms with Gasteiger partial charge >= 0.3 is 0 Å². The van der Waals surface area contributed by atoms with E-state index in [9.17, 15) is 8.78 Å². The molecule has 1 aromatic carbocycles. The number of nitrogens with zero attached hydrogens (tertiary/aromatic N) is 3. The molecule has 1 aliphatic rings. The molecule has 1 saturated heterocycles. The molecule has 1 fully saturated rings. The minimum Gasteiger partial charge on any atom is -0.379 e. The number of fused-ring (bicyclic) bond motifs is 1. The number of hydrogen-bond acceptors (Lipinski definition) is 3. The van der Waals surface area contributed by atoms with Gasteiger partial charge in [0.25, 0.3) is 0 Å². The van der Waals surface area contributed by atoms with E-state index in [4.69, 9.17) is 16.3 Å². The maximum Gasteiger partial charge on any atom is 0.184 e. The summed E-state index contributed by atoms with van der Waals surface area (Å²) >= 11 is 5.88. The van der Waals surface area contributed by atoms with Crippen LogP contribution in [0.25, 0.3) is 11.0 Å². The lowest BCUT2D eigenvalue weighted by molar-refractivity contribution is 0.0364. The van der Waals surface area contributed by atoms with Gasteiger partial charge in [0.15, 0.2) is 11.6 Å². The third-order valence-corrected chi connectivity index (χ3v) is 3.98. The highest BCUT2D eigenvalue weighted by Gasteiger charge is 2.18. The summed E-state index contributed by atoms with van der Waals surface area (Å²) in [5.74, 6) is -1.00. The largest absolute Gasteiger partial charge is 0.379 e. The summed E-state index contributed by atoms with van der Waals surface area (Å²) in [6.07, 6.45) is 0. The molecule has 1 aliphatic heterocycles. The topological polar surface area (TPSA) is 30.3 Å². The molecule has 0 spiro atoms. The Morgan fingerprint density at radius 1 is 1.19 bits per heavy atom. The normalized spacial score (nSPS) is 16.7. The van der Waals surface area contributed by atoms with E-state index in [1.807, 2.05) is 0 Å². The first-order valence-corrected chi connectivity index (χ1v) is 7.43. The van der Waals surface area contributed by atoms with Gasteiger partial charge in [-0.3, -0.25) is 4.90 Å². The van der Waals surface area contributed by atoms with Crippen molar-refractivity contribution in [2.45, 2.75) is 12.4 Å². The molecule has 21 heavy (non-hydrogen) atoms. The number of alkyl halides is 1. The van der Waals surface area contributed by atoms with Gasteiger partial charge in [0.2, 0.25) is 0 Å². The van der Waals surface area contributed by atoms with Gasteiger partial charge in [-0.05, 0) is 12.1 Å². The summed E-state index contributed by atoms with van der Waals surface area (Å²) in [4.78, 5) is 6.50. The van der Waals surface area contributed by atoms with Crippen LogP contribution in [0.3, 0.4) is 0 Å². The van der Waals surface area contributed by atoms with Crippen molar-refractivity contribution in [3.05, 3.63) is 29.6 Å². The molecule has 0 unspecified atom stereocenters. The van der Waals surface area contributed by atoms with Crippen LogP contribution in [0.2, 0.25) is 0 Å². The van der Waals surface area contributed by atoms with Gasteiger partial charge in [-0.2, -0.15) is 0 Å². The Morgan fingerprint density at radius 3 is 2.67 bits per heavy atom. The molecule has 0 radical (unpaired) electrons. The quantitative estimate of drug-likeness (QED) is 0.812. The summed E-state index contributed by atoms with van der Waals surface area (Å²) in [5, 5.41) is 0. The summed E-state index contributed by atoms with van der Waals surface area (Å²) in [7, 11) is 0. The number of halogens is 3. The number of ether oxygens (including phenoxy) is 1. The first-order chi connectivity index (χ1) is 10.2. The van der Waals surface area contributed by atoms with E-state index in [2.05, 4.69) is 9.88 Å². The zero-order valence-corrected chi connectivity index (χ0v) is 12.2. The van der Waals surface area contributed by atoms with Gasteiger partial charge in [-0.15, -0.1) is 11.6 Å². The molecular weight excluding hydrogens is 300 g/mol. The average Bonchev–Trinajstić information content (AvgIpc) is 2.88. The predicted molar refractivity (Wildman–Crippen MR) is 76.5 cm³/mol. The van der Waals surface area contributed by atoms with E-state index >= 15 is 0 Å². The molecule has 7 heteroatoms. The van der Waals surface area contributed by atoms with Crippen LogP contribution in [0.1, 0.15) is 5.82 Å². The minimum atomic E-state index is -0.865. The smallest absolute Gasteiger partial charge is 0.184 e. The van der Waals surface area contributed by atoms with Gasteiger partial charge in [-0.25, -0.2) is 13.8 Å². The van der Waals surface area contributed by atoms with Crippen LogP contribution in [0.4, 0.5) is 8.78 Å². The predicted octanol–water partition coefficient (Wildman–Crippen LogP) is 2.39. The van der Waals surface area contributed by atoms with Crippen molar-refractivity contribution >= 4 is 22.6 Å². The Hall–Kier alpha value is -1.24. The van der Waals surface area contributed by atoms with Gasteiger partial charge in [0, 0.05) is 26.2 Å². The number of imidazole rings is 1.